The molecule has 1 unspecified atom stereocenters. The van der Waals surface area contributed by atoms with E-state index < -0.39 is 0 Å². The van der Waals surface area contributed by atoms with Crippen LogP contribution in [0.25, 0.3) is 11.2 Å². The first-order valence-corrected chi connectivity index (χ1v) is 9.45. The normalized spacial score (nSPS) is 12.5. The third kappa shape index (κ3) is 3.66. The highest BCUT2D eigenvalue weighted by atomic mass is 79.9. The van der Waals surface area contributed by atoms with Gasteiger partial charge in [-0.25, -0.2) is 14.6 Å². The minimum absolute atomic E-state index is 0.312. The first kappa shape index (κ1) is 17.8. The van der Waals surface area contributed by atoms with Gasteiger partial charge in [-0.3, -0.25) is 0 Å². The second-order valence-corrected chi connectivity index (χ2v) is 7.18. The van der Waals surface area contributed by atoms with E-state index in [1.807, 2.05) is 23.7 Å². The van der Waals surface area contributed by atoms with Crippen LogP contribution in [0.2, 0.25) is 0 Å². The lowest BCUT2D eigenvalue weighted by molar-refractivity contribution is 0.408. The van der Waals surface area contributed by atoms with Crippen LogP contribution in [-0.4, -0.2) is 25.0 Å². The molecule has 132 valence electrons. The Morgan fingerprint density at radius 3 is 2.68 bits per heavy atom. The van der Waals surface area contributed by atoms with Crippen molar-refractivity contribution in [2.24, 2.45) is 0 Å². The van der Waals surface area contributed by atoms with E-state index in [1.54, 1.807) is 0 Å². The van der Waals surface area contributed by atoms with Crippen molar-refractivity contribution < 1.29 is 0 Å². The number of nitrogens with one attached hydrogen (secondary N) is 1. The summed E-state index contributed by atoms with van der Waals surface area (Å²) < 4.78 is 3.00. The summed E-state index contributed by atoms with van der Waals surface area (Å²) in [5, 5.41) is 12.1. The van der Waals surface area contributed by atoms with E-state index in [0.717, 1.165) is 40.6 Å². The number of rotatable bonds is 6. The Bertz CT molecular complexity index is 889. The third-order valence-electron chi connectivity index (χ3n) is 4.32. The Morgan fingerprint density at radius 1 is 1.20 bits per heavy atom. The monoisotopic (exact) mass is 402 g/mol. The summed E-state index contributed by atoms with van der Waals surface area (Å²) in [4.78, 5) is 9.16. The van der Waals surface area contributed by atoms with Crippen molar-refractivity contribution in [3.05, 3.63) is 34.1 Å². The van der Waals surface area contributed by atoms with Crippen LogP contribution in [0, 0.1) is 13.8 Å². The molecule has 0 aliphatic carbocycles. The molecule has 25 heavy (non-hydrogen) atoms. The largest absolute Gasteiger partial charge is 0.338 e. The molecule has 7 heteroatoms. The fraction of sp³-hybridized carbons (Fsp3) is 0.444. The number of aryl methyl sites for hydroxylation is 2. The second kappa shape index (κ2) is 7.47. The molecule has 0 saturated carbocycles. The average molecular weight is 403 g/mol. The highest BCUT2D eigenvalue weighted by molar-refractivity contribution is 9.10. The van der Waals surface area contributed by atoms with Gasteiger partial charge in [-0.2, -0.15) is 0 Å². The maximum Gasteiger partial charge on any atom is 0.184 e. The molecule has 6 nitrogen and oxygen atoms in total. The first-order valence-electron chi connectivity index (χ1n) is 8.66. The average Bonchev–Trinajstić information content (AvgIpc) is 2.99. The van der Waals surface area contributed by atoms with Crippen molar-refractivity contribution in [2.45, 2.75) is 53.0 Å². The molecule has 2 aromatic heterocycles. The lowest BCUT2D eigenvalue weighted by atomic mass is 10.1. The summed E-state index contributed by atoms with van der Waals surface area (Å²) >= 11 is 3.50. The van der Waals surface area contributed by atoms with E-state index in [2.05, 4.69) is 68.4 Å². The molecule has 0 radical (unpaired) electrons. The maximum absolute atomic E-state index is 4.60. The van der Waals surface area contributed by atoms with Gasteiger partial charge in [0.1, 0.15) is 5.82 Å². The third-order valence-corrected chi connectivity index (χ3v) is 4.81. The van der Waals surface area contributed by atoms with Gasteiger partial charge in [0.25, 0.3) is 0 Å². The molecule has 0 amide bonds. The molecule has 0 aliphatic heterocycles. The van der Waals surface area contributed by atoms with Gasteiger partial charge in [-0.05, 0) is 50.5 Å². The van der Waals surface area contributed by atoms with Crippen molar-refractivity contribution in [1.29, 1.82) is 0 Å². The van der Waals surface area contributed by atoms with Crippen molar-refractivity contribution >= 4 is 38.6 Å². The fourth-order valence-corrected chi connectivity index (χ4v) is 3.48. The number of hydrogen-bond acceptors (Lipinski definition) is 5. The lowest BCUT2D eigenvalue weighted by Crippen LogP contribution is -2.11. The van der Waals surface area contributed by atoms with E-state index in [0.29, 0.717) is 23.2 Å². The summed E-state index contributed by atoms with van der Waals surface area (Å²) in [7, 11) is 0. The Hall–Kier alpha value is -2.02. The van der Waals surface area contributed by atoms with Crippen LogP contribution in [0.5, 0.6) is 0 Å². The van der Waals surface area contributed by atoms with Crippen LogP contribution in [0.3, 0.4) is 0 Å². The summed E-state index contributed by atoms with van der Waals surface area (Å²) in [5.41, 5.74) is 3.63. The maximum atomic E-state index is 4.60. The molecule has 2 heterocycles. The first-order chi connectivity index (χ1) is 12.0. The smallest absolute Gasteiger partial charge is 0.184 e. The van der Waals surface area contributed by atoms with Crippen LogP contribution in [0.4, 0.5) is 11.5 Å². The van der Waals surface area contributed by atoms with Crippen LogP contribution in [0.15, 0.2) is 22.7 Å². The zero-order valence-corrected chi connectivity index (χ0v) is 16.6. The Balaban J connectivity index is 2.05. The molecule has 0 spiro atoms. The van der Waals surface area contributed by atoms with Gasteiger partial charge < -0.3 is 5.32 Å². The van der Waals surface area contributed by atoms with Gasteiger partial charge in [-0.15, -0.1) is 5.10 Å². The molecule has 3 aromatic rings. The van der Waals surface area contributed by atoms with Crippen LogP contribution in [0.1, 0.15) is 50.5 Å². The van der Waals surface area contributed by atoms with E-state index in [-0.39, 0.29) is 0 Å². The summed E-state index contributed by atoms with van der Waals surface area (Å²) in [6.07, 6.45) is 3.17. The van der Waals surface area contributed by atoms with Crippen molar-refractivity contribution in [3.63, 3.8) is 0 Å². The Kier molecular flexibility index (Phi) is 5.32. The van der Waals surface area contributed by atoms with Gasteiger partial charge in [0, 0.05) is 10.2 Å². The van der Waals surface area contributed by atoms with Gasteiger partial charge in [0.15, 0.2) is 17.0 Å². The predicted octanol–water partition coefficient (Wildman–Crippen LogP) is 5.10. The number of halogens is 1. The topological polar surface area (TPSA) is 68.5 Å². The van der Waals surface area contributed by atoms with E-state index in [9.17, 15) is 0 Å². The van der Waals surface area contributed by atoms with Crippen LogP contribution in [-0.2, 0) is 0 Å². The number of anilines is 2. The molecule has 0 aliphatic rings. The highest BCUT2D eigenvalue weighted by Gasteiger charge is 2.18. The minimum Gasteiger partial charge on any atom is -0.338 e. The van der Waals surface area contributed by atoms with Crippen LogP contribution >= 0.6 is 15.9 Å². The summed E-state index contributed by atoms with van der Waals surface area (Å²) in [6.45, 7) is 8.32. The predicted molar refractivity (Wildman–Crippen MR) is 104 cm³/mol. The quantitative estimate of drug-likeness (QED) is 0.621. The fourth-order valence-electron chi connectivity index (χ4n) is 3.00. The Morgan fingerprint density at radius 2 is 2.00 bits per heavy atom. The van der Waals surface area contributed by atoms with E-state index in [1.165, 1.54) is 0 Å². The van der Waals surface area contributed by atoms with Crippen molar-refractivity contribution in [2.75, 3.05) is 5.32 Å². The molecule has 0 saturated heterocycles. The standard InChI is InChI=1S/C18H23BrN6/c1-5-7-14(6-2)25-18-16(23-24-25)17(20-12(4)21-18)22-15-9-8-13(19)10-11(15)3/h8-10,14H,5-7H2,1-4H3,(H,20,21,22). The molecule has 1 N–H and O–H groups in total. The number of fused-ring (bicyclic) bond motifs is 1. The number of nitrogens with zero attached hydrogens (tertiary/aromatic N) is 5. The summed E-state index contributed by atoms with van der Waals surface area (Å²) in [6, 6.07) is 6.41. The van der Waals surface area contributed by atoms with Crippen LogP contribution < -0.4 is 5.32 Å². The zero-order chi connectivity index (χ0) is 18.0. The second-order valence-electron chi connectivity index (χ2n) is 6.26. The van der Waals surface area contributed by atoms with Crippen molar-refractivity contribution in [1.82, 2.24) is 25.0 Å². The van der Waals surface area contributed by atoms with Gasteiger partial charge in [0.05, 0.1) is 6.04 Å². The van der Waals surface area contributed by atoms with Gasteiger partial charge in [0.2, 0.25) is 0 Å². The van der Waals surface area contributed by atoms with Gasteiger partial charge >= 0.3 is 0 Å². The number of aromatic nitrogens is 5. The van der Waals surface area contributed by atoms with E-state index >= 15 is 0 Å². The molecule has 0 fully saturated rings. The highest BCUT2D eigenvalue weighted by Crippen LogP contribution is 2.28. The molecule has 3 rings (SSSR count). The molecule has 1 aromatic carbocycles. The number of benzene rings is 1. The SMILES string of the molecule is CCCC(CC)n1nnc2c(Nc3ccc(Br)cc3C)nc(C)nc21. The molecular formula is C18H23BrN6. The van der Waals surface area contributed by atoms with E-state index in [4.69, 9.17) is 0 Å². The zero-order valence-electron chi connectivity index (χ0n) is 15.0. The molecule has 0 bridgehead atoms. The van der Waals surface area contributed by atoms with Crippen molar-refractivity contribution in [3.8, 4) is 0 Å². The molecule has 1 atom stereocenters. The molecular weight excluding hydrogens is 380 g/mol. The van der Waals surface area contributed by atoms with Gasteiger partial charge in [-0.1, -0.05) is 41.4 Å². The summed E-state index contributed by atoms with van der Waals surface area (Å²) in [5.74, 6) is 1.41. The lowest BCUT2D eigenvalue weighted by Gasteiger charge is -2.14. The Labute approximate surface area is 156 Å². The minimum atomic E-state index is 0.312. The number of hydrogen-bond donors (Lipinski definition) is 1.